The van der Waals surface area contributed by atoms with Crippen LogP contribution in [0.2, 0.25) is 0 Å². The van der Waals surface area contributed by atoms with E-state index in [2.05, 4.69) is 4.98 Å². The van der Waals surface area contributed by atoms with E-state index in [0.717, 1.165) is 24.2 Å². The summed E-state index contributed by atoms with van der Waals surface area (Å²) in [6.07, 6.45) is 3.07. The summed E-state index contributed by atoms with van der Waals surface area (Å²) in [4.78, 5) is 4.14. The van der Waals surface area contributed by atoms with E-state index in [4.69, 9.17) is 9.47 Å². The van der Waals surface area contributed by atoms with Gasteiger partial charge in [-0.2, -0.15) is 0 Å². The van der Waals surface area contributed by atoms with Crippen molar-refractivity contribution >= 4 is 0 Å². The van der Waals surface area contributed by atoms with Crippen LogP contribution in [0.3, 0.4) is 0 Å². The average molecular weight is 287 g/mol. The van der Waals surface area contributed by atoms with Crippen LogP contribution in [0.5, 0.6) is 11.6 Å². The molecule has 0 spiro atoms. The molecule has 0 radical (unpaired) electrons. The third-order valence-electron chi connectivity index (χ3n) is 3.21. The maximum absolute atomic E-state index is 9.29. The quantitative estimate of drug-likeness (QED) is 0.850. The predicted molar refractivity (Wildman–Crippen MR) is 81.6 cm³/mol. The Labute approximate surface area is 125 Å². The molecule has 0 saturated carbocycles. The molecule has 1 N–H and O–H groups in total. The number of aryl methyl sites for hydroxylation is 1. The monoisotopic (exact) mass is 287 g/mol. The first-order valence-electron chi connectivity index (χ1n) is 7.06. The van der Waals surface area contributed by atoms with Crippen molar-refractivity contribution in [2.45, 2.75) is 32.5 Å². The van der Waals surface area contributed by atoms with Gasteiger partial charge in [-0.1, -0.05) is 12.1 Å². The second-order valence-electron chi connectivity index (χ2n) is 4.99. The standard InChI is InChI=1S/C17H21NO3/c1-13(19)5-6-14-7-9-16(10-8-14)21-12-15-4-3-11-18-17(15)20-2/h3-4,7-11,13,19H,5-6,12H2,1-2H3. The van der Waals surface area contributed by atoms with Gasteiger partial charge in [-0.05, 0) is 49.6 Å². The van der Waals surface area contributed by atoms with Crippen LogP contribution in [0.15, 0.2) is 42.6 Å². The normalized spacial score (nSPS) is 12.0. The predicted octanol–water partition coefficient (Wildman–Crippen LogP) is 2.98. The number of hydrogen-bond acceptors (Lipinski definition) is 4. The smallest absolute Gasteiger partial charge is 0.219 e. The van der Waals surface area contributed by atoms with E-state index in [9.17, 15) is 5.11 Å². The molecule has 1 unspecified atom stereocenters. The summed E-state index contributed by atoms with van der Waals surface area (Å²) in [5, 5.41) is 9.29. The van der Waals surface area contributed by atoms with Gasteiger partial charge in [0.25, 0.3) is 0 Å². The molecule has 0 amide bonds. The number of rotatable bonds is 7. The van der Waals surface area contributed by atoms with E-state index in [1.807, 2.05) is 36.4 Å². The van der Waals surface area contributed by atoms with Gasteiger partial charge in [-0.25, -0.2) is 4.98 Å². The van der Waals surface area contributed by atoms with Crippen LogP contribution >= 0.6 is 0 Å². The first-order valence-corrected chi connectivity index (χ1v) is 7.06. The third-order valence-corrected chi connectivity index (χ3v) is 3.21. The molecule has 0 aliphatic heterocycles. The largest absolute Gasteiger partial charge is 0.489 e. The lowest BCUT2D eigenvalue weighted by atomic mass is 10.1. The van der Waals surface area contributed by atoms with Crippen molar-refractivity contribution in [3.8, 4) is 11.6 Å². The Bertz CT molecular complexity index is 552. The number of pyridine rings is 1. The zero-order valence-electron chi connectivity index (χ0n) is 12.5. The fourth-order valence-electron chi connectivity index (χ4n) is 2.01. The van der Waals surface area contributed by atoms with Crippen molar-refractivity contribution in [1.82, 2.24) is 4.98 Å². The first kappa shape index (κ1) is 15.3. The van der Waals surface area contributed by atoms with Crippen molar-refractivity contribution in [1.29, 1.82) is 0 Å². The Morgan fingerprint density at radius 2 is 1.95 bits per heavy atom. The molecule has 1 heterocycles. The van der Waals surface area contributed by atoms with Crippen LogP contribution in [-0.2, 0) is 13.0 Å². The molecule has 4 heteroatoms. The Balaban J connectivity index is 1.91. The molecule has 0 aliphatic carbocycles. The second-order valence-corrected chi connectivity index (χ2v) is 4.99. The van der Waals surface area contributed by atoms with E-state index in [0.29, 0.717) is 12.5 Å². The van der Waals surface area contributed by atoms with E-state index in [-0.39, 0.29) is 6.10 Å². The minimum atomic E-state index is -0.265. The zero-order chi connectivity index (χ0) is 15.1. The van der Waals surface area contributed by atoms with Crippen LogP contribution in [0, 0.1) is 0 Å². The highest BCUT2D eigenvalue weighted by Gasteiger charge is 2.04. The molecule has 112 valence electrons. The van der Waals surface area contributed by atoms with Gasteiger partial charge in [0, 0.05) is 6.20 Å². The van der Waals surface area contributed by atoms with Gasteiger partial charge in [-0.3, -0.25) is 0 Å². The number of aliphatic hydroxyl groups excluding tert-OH is 1. The molecule has 1 aromatic carbocycles. The average Bonchev–Trinajstić information content (AvgIpc) is 2.52. The molecule has 0 fully saturated rings. The topological polar surface area (TPSA) is 51.6 Å². The summed E-state index contributed by atoms with van der Waals surface area (Å²) in [6, 6.07) is 11.7. The lowest BCUT2D eigenvalue weighted by molar-refractivity contribution is 0.185. The Morgan fingerprint density at radius 1 is 1.19 bits per heavy atom. The fraction of sp³-hybridized carbons (Fsp3) is 0.353. The van der Waals surface area contributed by atoms with Gasteiger partial charge < -0.3 is 14.6 Å². The van der Waals surface area contributed by atoms with E-state index in [1.54, 1.807) is 20.2 Å². The number of aliphatic hydroxyl groups is 1. The van der Waals surface area contributed by atoms with E-state index in [1.165, 1.54) is 5.56 Å². The van der Waals surface area contributed by atoms with Crippen LogP contribution in [-0.4, -0.2) is 23.3 Å². The minimum absolute atomic E-state index is 0.265. The molecule has 1 aromatic heterocycles. The highest BCUT2D eigenvalue weighted by Crippen LogP contribution is 2.19. The van der Waals surface area contributed by atoms with E-state index >= 15 is 0 Å². The van der Waals surface area contributed by atoms with Crippen molar-refractivity contribution in [2.75, 3.05) is 7.11 Å². The highest BCUT2D eigenvalue weighted by molar-refractivity contribution is 5.29. The van der Waals surface area contributed by atoms with Gasteiger partial charge in [-0.15, -0.1) is 0 Å². The van der Waals surface area contributed by atoms with Crippen molar-refractivity contribution in [3.05, 3.63) is 53.7 Å². The van der Waals surface area contributed by atoms with E-state index < -0.39 is 0 Å². The van der Waals surface area contributed by atoms with Crippen molar-refractivity contribution in [2.24, 2.45) is 0 Å². The lowest BCUT2D eigenvalue weighted by Gasteiger charge is -2.10. The first-order chi connectivity index (χ1) is 10.2. The molecule has 1 atom stereocenters. The summed E-state index contributed by atoms with van der Waals surface area (Å²) < 4.78 is 10.9. The van der Waals surface area contributed by atoms with Crippen LogP contribution in [0.4, 0.5) is 0 Å². The van der Waals surface area contributed by atoms with Crippen molar-refractivity contribution < 1.29 is 14.6 Å². The molecular weight excluding hydrogens is 266 g/mol. The number of methoxy groups -OCH3 is 1. The lowest BCUT2D eigenvalue weighted by Crippen LogP contribution is -2.02. The van der Waals surface area contributed by atoms with Crippen LogP contribution in [0.25, 0.3) is 0 Å². The highest BCUT2D eigenvalue weighted by atomic mass is 16.5. The molecule has 4 nitrogen and oxygen atoms in total. The Hall–Kier alpha value is -2.07. The second kappa shape index (κ2) is 7.64. The number of ether oxygens (including phenoxy) is 2. The summed E-state index contributed by atoms with van der Waals surface area (Å²) in [7, 11) is 1.60. The third kappa shape index (κ3) is 4.76. The number of nitrogens with zero attached hydrogens (tertiary/aromatic N) is 1. The Kier molecular flexibility index (Phi) is 5.58. The molecule has 0 bridgehead atoms. The maximum atomic E-state index is 9.29. The molecular formula is C17H21NO3. The number of aromatic nitrogens is 1. The molecule has 2 rings (SSSR count). The van der Waals surface area contributed by atoms with Crippen molar-refractivity contribution in [3.63, 3.8) is 0 Å². The summed E-state index contributed by atoms with van der Waals surface area (Å²) in [6.45, 7) is 2.22. The van der Waals surface area contributed by atoms with Gasteiger partial charge in [0.05, 0.1) is 18.8 Å². The van der Waals surface area contributed by atoms with Gasteiger partial charge in [0.15, 0.2) is 0 Å². The molecule has 2 aromatic rings. The summed E-state index contributed by atoms with van der Waals surface area (Å²) in [5.74, 6) is 1.40. The van der Waals surface area contributed by atoms with Gasteiger partial charge in [0.1, 0.15) is 12.4 Å². The SMILES string of the molecule is COc1ncccc1COc1ccc(CCC(C)O)cc1. The number of hydrogen-bond donors (Lipinski definition) is 1. The van der Waals surface area contributed by atoms with Gasteiger partial charge >= 0.3 is 0 Å². The number of benzene rings is 1. The summed E-state index contributed by atoms with van der Waals surface area (Å²) >= 11 is 0. The van der Waals surface area contributed by atoms with Crippen LogP contribution < -0.4 is 9.47 Å². The maximum Gasteiger partial charge on any atom is 0.219 e. The molecule has 21 heavy (non-hydrogen) atoms. The molecule has 0 aliphatic rings. The minimum Gasteiger partial charge on any atom is -0.489 e. The fourth-order valence-corrected chi connectivity index (χ4v) is 2.01. The summed E-state index contributed by atoms with van der Waals surface area (Å²) in [5.41, 5.74) is 2.11. The molecule has 0 saturated heterocycles. The van der Waals surface area contributed by atoms with Gasteiger partial charge in [0.2, 0.25) is 5.88 Å². The Morgan fingerprint density at radius 3 is 2.62 bits per heavy atom. The van der Waals surface area contributed by atoms with Crippen LogP contribution in [0.1, 0.15) is 24.5 Å². The zero-order valence-corrected chi connectivity index (χ0v) is 12.5.